The molecule has 2 aliphatic carbocycles. The van der Waals surface area contributed by atoms with Crippen LogP contribution in [-0.2, 0) is 33.3 Å². The molecule has 2 spiro atoms. The lowest BCUT2D eigenvalue weighted by atomic mass is 9.92. The number of carbonyl (C=O) groups excluding carboxylic acids is 3. The molecule has 4 rings (SSSR count). The van der Waals surface area contributed by atoms with Crippen LogP contribution in [0.2, 0.25) is 0 Å². The lowest BCUT2D eigenvalue weighted by molar-refractivity contribution is -0.537. The monoisotopic (exact) mass is 431 g/mol. The molecule has 4 fully saturated rings. The van der Waals surface area contributed by atoms with Crippen molar-refractivity contribution in [1.29, 1.82) is 0 Å². The maximum Gasteiger partial charge on any atom is 0.348 e. The van der Waals surface area contributed by atoms with Gasteiger partial charge in [0.2, 0.25) is 5.79 Å². The minimum absolute atomic E-state index is 0.192. The van der Waals surface area contributed by atoms with Gasteiger partial charge in [-0.2, -0.15) is 0 Å². The molecule has 0 amide bonds. The predicted octanol–water partition coefficient (Wildman–Crippen LogP) is 2.32. The fourth-order valence-corrected chi connectivity index (χ4v) is 4.53. The highest BCUT2D eigenvalue weighted by atomic mass is 16.8. The second-order valence-corrected chi connectivity index (χ2v) is 8.50. The van der Waals surface area contributed by atoms with Gasteiger partial charge in [-0.1, -0.05) is 37.1 Å². The van der Waals surface area contributed by atoms with Crippen LogP contribution in [0.25, 0.3) is 0 Å². The van der Waals surface area contributed by atoms with Crippen LogP contribution in [0.3, 0.4) is 0 Å². The Bertz CT molecular complexity index is 789. The third-order valence-electron chi connectivity index (χ3n) is 6.21. The van der Waals surface area contributed by atoms with Crippen molar-refractivity contribution in [1.82, 2.24) is 0 Å². The molecule has 2 saturated heterocycles. The van der Waals surface area contributed by atoms with Gasteiger partial charge in [0.05, 0.1) is 5.92 Å². The van der Waals surface area contributed by atoms with Gasteiger partial charge in [-0.15, -0.1) is 0 Å². The van der Waals surface area contributed by atoms with Crippen molar-refractivity contribution in [3.8, 4) is 0 Å². The topological polar surface area (TPSA) is 111 Å². The fourth-order valence-electron chi connectivity index (χ4n) is 4.53. The first-order chi connectivity index (χ1) is 14.9. The summed E-state index contributed by atoms with van der Waals surface area (Å²) < 4.78 is 21.8. The van der Waals surface area contributed by atoms with Crippen molar-refractivity contribution in [2.75, 3.05) is 0 Å². The fraction of sp³-hybridized carbons (Fsp3) is 0.609. The summed E-state index contributed by atoms with van der Waals surface area (Å²) in [7, 11) is 0. The molecule has 0 aromatic rings. The van der Waals surface area contributed by atoms with E-state index in [1.165, 1.54) is 30.4 Å². The molecule has 0 aromatic heterocycles. The summed E-state index contributed by atoms with van der Waals surface area (Å²) in [5.41, 5.74) is -0.192. The van der Waals surface area contributed by atoms with E-state index in [0.29, 0.717) is 25.7 Å². The number of carbonyl (C=O) groups is 3. The molecule has 0 bridgehead atoms. The van der Waals surface area contributed by atoms with Gasteiger partial charge < -0.3 is 24.1 Å². The highest BCUT2D eigenvalue weighted by Crippen LogP contribution is 2.38. The summed E-state index contributed by atoms with van der Waals surface area (Å²) in [6.07, 6.45) is 13.2. The minimum Gasteiger partial charge on any atom is -0.830 e. The molecule has 8 nitrogen and oxygen atoms in total. The zero-order valence-corrected chi connectivity index (χ0v) is 17.4. The zero-order valence-electron chi connectivity index (χ0n) is 17.4. The molecule has 2 atom stereocenters. The minimum atomic E-state index is -1.53. The van der Waals surface area contributed by atoms with Gasteiger partial charge in [-0.25, -0.2) is 9.59 Å². The first-order valence-corrected chi connectivity index (χ1v) is 11.0. The largest absolute Gasteiger partial charge is 0.830 e. The Morgan fingerprint density at radius 3 is 1.90 bits per heavy atom. The van der Waals surface area contributed by atoms with Crippen LogP contribution in [0.5, 0.6) is 0 Å². The molecule has 8 heteroatoms. The van der Waals surface area contributed by atoms with E-state index >= 15 is 0 Å². The van der Waals surface area contributed by atoms with Crippen LogP contribution >= 0.6 is 0 Å². The molecule has 2 aliphatic heterocycles. The smallest absolute Gasteiger partial charge is 0.348 e. The summed E-state index contributed by atoms with van der Waals surface area (Å²) in [4.78, 5) is 36.8. The van der Waals surface area contributed by atoms with E-state index in [-0.39, 0.29) is 5.57 Å². The number of hydrogen-bond acceptors (Lipinski definition) is 8. The molecule has 2 saturated carbocycles. The number of rotatable bonds is 3. The highest BCUT2D eigenvalue weighted by molar-refractivity contribution is 6.15. The second-order valence-electron chi connectivity index (χ2n) is 8.50. The van der Waals surface area contributed by atoms with Gasteiger partial charge >= 0.3 is 17.9 Å². The Morgan fingerprint density at radius 1 is 0.742 bits per heavy atom. The SMILES string of the molecule is O=C1OC2(CCCCC2)OC(=O)C1=CC=CC=CC1C(=O)OC2(CCCCC2)OC1[O-]. The van der Waals surface area contributed by atoms with E-state index in [9.17, 15) is 19.5 Å². The van der Waals surface area contributed by atoms with Crippen molar-refractivity contribution < 1.29 is 38.4 Å². The average Bonchev–Trinajstić information content (AvgIpc) is 2.72. The Kier molecular flexibility index (Phi) is 6.29. The molecule has 168 valence electrons. The number of ether oxygens (including phenoxy) is 4. The van der Waals surface area contributed by atoms with E-state index in [0.717, 1.165) is 38.5 Å². The van der Waals surface area contributed by atoms with E-state index in [1.54, 1.807) is 0 Å². The highest BCUT2D eigenvalue weighted by Gasteiger charge is 2.46. The predicted molar refractivity (Wildman–Crippen MR) is 105 cm³/mol. The molecule has 0 N–H and O–H groups in total. The maximum absolute atomic E-state index is 12.4. The first kappa shape index (κ1) is 21.8. The lowest BCUT2D eigenvalue weighted by Crippen LogP contribution is -2.56. The van der Waals surface area contributed by atoms with Crippen LogP contribution in [-0.4, -0.2) is 35.8 Å². The lowest BCUT2D eigenvalue weighted by Gasteiger charge is -2.47. The molecular weight excluding hydrogens is 404 g/mol. The van der Waals surface area contributed by atoms with Crippen molar-refractivity contribution >= 4 is 17.9 Å². The number of esters is 3. The van der Waals surface area contributed by atoms with Gasteiger partial charge in [0.15, 0.2) is 0 Å². The standard InChI is InChI=1S/C23H27O8/c24-18-16(19(25)29-22(28-18)12-6-2-7-13-22)10-4-1-5-11-17-20(26)30-23(31-21(17)27)14-8-3-9-15-23/h1,4-5,10-11,16,18H,2-3,6-9,12-15H2/q-1. The van der Waals surface area contributed by atoms with Crippen LogP contribution in [0.4, 0.5) is 0 Å². The van der Waals surface area contributed by atoms with Gasteiger partial charge in [0.1, 0.15) is 5.57 Å². The van der Waals surface area contributed by atoms with E-state index < -0.39 is 41.7 Å². The summed E-state index contributed by atoms with van der Waals surface area (Å²) >= 11 is 0. The molecular formula is C23H27O8-. The Morgan fingerprint density at radius 2 is 1.32 bits per heavy atom. The average molecular weight is 431 g/mol. The van der Waals surface area contributed by atoms with Gasteiger partial charge in [0, 0.05) is 32.0 Å². The summed E-state index contributed by atoms with van der Waals surface area (Å²) in [5, 5.41) is 12.4. The normalized spacial score (nSPS) is 30.5. The second kappa shape index (κ2) is 8.96. The Labute approximate surface area is 180 Å². The Balaban J connectivity index is 1.34. The van der Waals surface area contributed by atoms with Gasteiger partial charge in [-0.05, 0) is 31.8 Å². The maximum atomic E-state index is 12.4. The number of allylic oxidation sites excluding steroid dienone is 4. The molecule has 2 unspecified atom stereocenters. The third kappa shape index (κ3) is 4.75. The third-order valence-corrected chi connectivity index (χ3v) is 6.21. The van der Waals surface area contributed by atoms with Crippen molar-refractivity contribution in [3.63, 3.8) is 0 Å². The quantitative estimate of drug-likeness (QED) is 0.290. The van der Waals surface area contributed by atoms with E-state index in [2.05, 4.69) is 0 Å². The molecule has 0 aromatic carbocycles. The van der Waals surface area contributed by atoms with Crippen LogP contribution < -0.4 is 5.11 Å². The Hall–Kier alpha value is -2.45. The molecule has 4 aliphatic rings. The van der Waals surface area contributed by atoms with Gasteiger partial charge in [0.25, 0.3) is 5.79 Å². The van der Waals surface area contributed by atoms with Crippen molar-refractivity contribution in [2.24, 2.45) is 5.92 Å². The van der Waals surface area contributed by atoms with Crippen molar-refractivity contribution in [2.45, 2.75) is 82.1 Å². The molecule has 31 heavy (non-hydrogen) atoms. The zero-order chi connectivity index (χ0) is 21.9. The molecule has 2 heterocycles. The summed E-state index contributed by atoms with van der Waals surface area (Å²) in [6.45, 7) is 0. The van der Waals surface area contributed by atoms with Crippen LogP contribution in [0, 0.1) is 5.92 Å². The van der Waals surface area contributed by atoms with Gasteiger partial charge in [-0.3, -0.25) is 4.79 Å². The first-order valence-electron chi connectivity index (χ1n) is 11.0. The summed E-state index contributed by atoms with van der Waals surface area (Å²) in [6, 6.07) is 0. The van der Waals surface area contributed by atoms with E-state index in [4.69, 9.17) is 18.9 Å². The van der Waals surface area contributed by atoms with Crippen LogP contribution in [0.1, 0.15) is 64.2 Å². The van der Waals surface area contributed by atoms with Crippen molar-refractivity contribution in [3.05, 3.63) is 36.0 Å². The summed E-state index contributed by atoms with van der Waals surface area (Å²) in [5.74, 6) is -5.23. The molecule has 0 radical (unpaired) electrons. The van der Waals surface area contributed by atoms with E-state index in [1.807, 2.05) is 0 Å². The van der Waals surface area contributed by atoms with Crippen LogP contribution in [0.15, 0.2) is 36.0 Å². The number of hydrogen-bond donors (Lipinski definition) is 0.